The minimum absolute atomic E-state index is 0.253. The number of methoxy groups -OCH3 is 1. The molecule has 2 aromatic carbocycles. The standard InChI is InChI=1S/C17H22O2/c1-3-4-8-15(18)11-14-7-5-6-13-9-10-16(19-2)12-17(13)14/h5-7,9-10,12,15,18H,3-4,8,11H2,1-2H3. The summed E-state index contributed by atoms with van der Waals surface area (Å²) in [5.74, 6) is 0.864. The SMILES string of the molecule is CCCCC(O)Cc1cccc2ccc(OC)cc12. The fourth-order valence-corrected chi connectivity index (χ4v) is 2.42. The Morgan fingerprint density at radius 2 is 2.05 bits per heavy atom. The molecule has 0 aliphatic rings. The average Bonchev–Trinajstić information content (AvgIpc) is 2.45. The van der Waals surface area contributed by atoms with E-state index in [1.54, 1.807) is 7.11 Å². The molecule has 0 aromatic heterocycles. The van der Waals surface area contributed by atoms with Crippen molar-refractivity contribution >= 4 is 10.8 Å². The lowest BCUT2D eigenvalue weighted by Crippen LogP contribution is -2.10. The molecule has 0 saturated heterocycles. The average molecular weight is 258 g/mol. The summed E-state index contributed by atoms with van der Waals surface area (Å²) in [6.45, 7) is 2.15. The molecule has 19 heavy (non-hydrogen) atoms. The maximum Gasteiger partial charge on any atom is 0.119 e. The molecule has 1 atom stereocenters. The van der Waals surface area contributed by atoms with Crippen LogP contribution in [0, 0.1) is 0 Å². The highest BCUT2D eigenvalue weighted by molar-refractivity contribution is 5.87. The third kappa shape index (κ3) is 3.48. The smallest absolute Gasteiger partial charge is 0.119 e. The lowest BCUT2D eigenvalue weighted by Gasteiger charge is -2.13. The van der Waals surface area contributed by atoms with Gasteiger partial charge in [0.15, 0.2) is 0 Å². The van der Waals surface area contributed by atoms with Gasteiger partial charge in [-0.1, -0.05) is 44.0 Å². The Hall–Kier alpha value is -1.54. The van der Waals surface area contributed by atoms with Gasteiger partial charge in [0.05, 0.1) is 13.2 Å². The summed E-state index contributed by atoms with van der Waals surface area (Å²) in [6.07, 6.45) is 3.54. The van der Waals surface area contributed by atoms with Gasteiger partial charge in [0.1, 0.15) is 5.75 Å². The zero-order valence-corrected chi connectivity index (χ0v) is 11.7. The molecule has 1 N–H and O–H groups in total. The third-order valence-electron chi connectivity index (χ3n) is 3.53. The van der Waals surface area contributed by atoms with Gasteiger partial charge in [-0.25, -0.2) is 0 Å². The number of unbranched alkanes of at least 4 members (excludes halogenated alkanes) is 1. The Kier molecular flexibility index (Phi) is 4.80. The molecule has 0 bridgehead atoms. The lowest BCUT2D eigenvalue weighted by molar-refractivity contribution is 0.162. The second-order valence-corrected chi connectivity index (χ2v) is 5.00. The van der Waals surface area contributed by atoms with Crippen LogP contribution in [-0.4, -0.2) is 18.3 Å². The molecule has 0 saturated carbocycles. The van der Waals surface area contributed by atoms with Crippen molar-refractivity contribution in [1.29, 1.82) is 0 Å². The summed E-state index contributed by atoms with van der Waals surface area (Å²) in [7, 11) is 1.68. The van der Waals surface area contributed by atoms with Crippen molar-refractivity contribution in [2.24, 2.45) is 0 Å². The van der Waals surface area contributed by atoms with E-state index < -0.39 is 0 Å². The Bertz CT molecular complexity index is 534. The van der Waals surface area contributed by atoms with Crippen LogP contribution in [0.25, 0.3) is 10.8 Å². The molecule has 102 valence electrons. The number of aliphatic hydroxyl groups is 1. The molecular formula is C17H22O2. The summed E-state index contributed by atoms with van der Waals surface area (Å²) < 4.78 is 5.28. The summed E-state index contributed by atoms with van der Waals surface area (Å²) in [4.78, 5) is 0. The second kappa shape index (κ2) is 6.58. The number of fused-ring (bicyclic) bond motifs is 1. The molecule has 0 heterocycles. The maximum absolute atomic E-state index is 10.1. The summed E-state index contributed by atoms with van der Waals surface area (Å²) in [5, 5.41) is 12.5. The van der Waals surface area contributed by atoms with Crippen molar-refractivity contribution in [3.63, 3.8) is 0 Å². The molecule has 0 spiro atoms. The highest BCUT2D eigenvalue weighted by Crippen LogP contribution is 2.25. The topological polar surface area (TPSA) is 29.5 Å². The lowest BCUT2D eigenvalue weighted by atomic mass is 9.97. The first-order chi connectivity index (χ1) is 9.24. The fourth-order valence-electron chi connectivity index (χ4n) is 2.42. The Balaban J connectivity index is 2.26. The third-order valence-corrected chi connectivity index (χ3v) is 3.53. The number of benzene rings is 2. The first kappa shape index (κ1) is 13.9. The van der Waals surface area contributed by atoms with E-state index in [0.717, 1.165) is 25.0 Å². The van der Waals surface area contributed by atoms with Gasteiger partial charge >= 0.3 is 0 Å². The van der Waals surface area contributed by atoms with Crippen molar-refractivity contribution in [2.75, 3.05) is 7.11 Å². The zero-order valence-electron chi connectivity index (χ0n) is 11.7. The second-order valence-electron chi connectivity index (χ2n) is 5.00. The van der Waals surface area contributed by atoms with Crippen molar-refractivity contribution in [3.8, 4) is 5.75 Å². The van der Waals surface area contributed by atoms with E-state index >= 15 is 0 Å². The van der Waals surface area contributed by atoms with Gasteiger partial charge in [-0.15, -0.1) is 0 Å². The van der Waals surface area contributed by atoms with Crippen LogP contribution >= 0.6 is 0 Å². The zero-order chi connectivity index (χ0) is 13.7. The highest BCUT2D eigenvalue weighted by atomic mass is 16.5. The van der Waals surface area contributed by atoms with Crippen LogP contribution in [0.5, 0.6) is 5.75 Å². The van der Waals surface area contributed by atoms with Crippen LogP contribution in [0.2, 0.25) is 0 Å². The van der Waals surface area contributed by atoms with Gasteiger partial charge in [0.2, 0.25) is 0 Å². The molecule has 2 aromatic rings. The summed E-state index contributed by atoms with van der Waals surface area (Å²) >= 11 is 0. The first-order valence-electron chi connectivity index (χ1n) is 6.98. The van der Waals surface area contributed by atoms with Gasteiger partial charge in [0.25, 0.3) is 0 Å². The predicted molar refractivity (Wildman–Crippen MR) is 79.7 cm³/mol. The summed E-state index contributed by atoms with van der Waals surface area (Å²) in [6, 6.07) is 12.3. The van der Waals surface area contributed by atoms with E-state index in [-0.39, 0.29) is 6.10 Å². The number of aliphatic hydroxyl groups excluding tert-OH is 1. The Morgan fingerprint density at radius 3 is 2.79 bits per heavy atom. The fraction of sp³-hybridized carbons (Fsp3) is 0.412. The van der Waals surface area contributed by atoms with Crippen LogP contribution in [-0.2, 0) is 6.42 Å². The molecule has 2 heteroatoms. The normalized spacial score (nSPS) is 12.6. The van der Waals surface area contributed by atoms with E-state index in [1.165, 1.54) is 16.3 Å². The number of hydrogen-bond acceptors (Lipinski definition) is 2. The minimum atomic E-state index is -0.253. The van der Waals surface area contributed by atoms with E-state index in [9.17, 15) is 5.11 Å². The van der Waals surface area contributed by atoms with E-state index in [4.69, 9.17) is 4.74 Å². The predicted octanol–water partition coefficient (Wildman–Crippen LogP) is 3.94. The van der Waals surface area contributed by atoms with Gasteiger partial charge in [0, 0.05) is 0 Å². The molecule has 2 nitrogen and oxygen atoms in total. The molecule has 0 amide bonds. The minimum Gasteiger partial charge on any atom is -0.497 e. The van der Waals surface area contributed by atoms with Gasteiger partial charge < -0.3 is 9.84 Å². The van der Waals surface area contributed by atoms with Crippen molar-refractivity contribution in [3.05, 3.63) is 42.0 Å². The quantitative estimate of drug-likeness (QED) is 0.850. The first-order valence-corrected chi connectivity index (χ1v) is 6.98. The molecular weight excluding hydrogens is 236 g/mol. The van der Waals surface area contributed by atoms with Gasteiger partial charge in [-0.2, -0.15) is 0 Å². The van der Waals surface area contributed by atoms with Crippen LogP contribution in [0.1, 0.15) is 31.7 Å². The van der Waals surface area contributed by atoms with E-state index in [2.05, 4.69) is 37.3 Å². The Morgan fingerprint density at radius 1 is 1.21 bits per heavy atom. The van der Waals surface area contributed by atoms with E-state index in [1.807, 2.05) is 6.07 Å². The van der Waals surface area contributed by atoms with Gasteiger partial charge in [-0.3, -0.25) is 0 Å². The van der Waals surface area contributed by atoms with Crippen molar-refractivity contribution in [1.82, 2.24) is 0 Å². The molecule has 0 fully saturated rings. The molecule has 1 unspecified atom stereocenters. The van der Waals surface area contributed by atoms with Crippen molar-refractivity contribution in [2.45, 2.75) is 38.7 Å². The Labute approximate surface area is 115 Å². The molecule has 2 rings (SSSR count). The maximum atomic E-state index is 10.1. The van der Waals surface area contributed by atoms with Gasteiger partial charge in [-0.05, 0) is 41.3 Å². The van der Waals surface area contributed by atoms with Crippen molar-refractivity contribution < 1.29 is 9.84 Å². The molecule has 0 aliphatic heterocycles. The number of ether oxygens (including phenoxy) is 1. The number of hydrogen-bond donors (Lipinski definition) is 1. The molecule has 0 aliphatic carbocycles. The van der Waals surface area contributed by atoms with Crippen LogP contribution in [0.4, 0.5) is 0 Å². The van der Waals surface area contributed by atoms with Crippen LogP contribution < -0.4 is 4.74 Å². The molecule has 0 radical (unpaired) electrons. The highest BCUT2D eigenvalue weighted by Gasteiger charge is 2.08. The summed E-state index contributed by atoms with van der Waals surface area (Å²) in [5.41, 5.74) is 1.19. The monoisotopic (exact) mass is 258 g/mol. The van der Waals surface area contributed by atoms with Crippen LogP contribution in [0.3, 0.4) is 0 Å². The van der Waals surface area contributed by atoms with Crippen LogP contribution in [0.15, 0.2) is 36.4 Å². The van der Waals surface area contributed by atoms with E-state index in [0.29, 0.717) is 6.42 Å². The largest absolute Gasteiger partial charge is 0.497 e. The number of rotatable bonds is 6.